The van der Waals surface area contributed by atoms with Crippen molar-refractivity contribution in [2.45, 2.75) is 26.4 Å². The number of rotatable bonds is 8. The molecule has 1 aromatic carbocycles. The number of nitrogens with zero attached hydrogens (tertiary/aromatic N) is 6. The molecule has 0 amide bonds. The van der Waals surface area contributed by atoms with Crippen LogP contribution in [0, 0.1) is 0 Å². The van der Waals surface area contributed by atoms with Crippen molar-refractivity contribution in [1.82, 2.24) is 29.9 Å². The van der Waals surface area contributed by atoms with Crippen LogP contribution in [0.1, 0.15) is 31.0 Å². The average molecular weight is 482 g/mol. The number of benzene rings is 1. The fourth-order valence-corrected chi connectivity index (χ4v) is 3.82. The summed E-state index contributed by atoms with van der Waals surface area (Å²) in [6, 6.07) is 15.3. The molecule has 0 radical (unpaired) electrons. The Labute approximate surface area is 209 Å². The molecule has 0 aliphatic heterocycles. The molecule has 0 bridgehead atoms. The maximum Gasteiger partial charge on any atom is 0.154 e. The Kier molecular flexibility index (Phi) is 6.44. The molecule has 0 saturated heterocycles. The molecule has 0 spiro atoms. The molecule has 0 aliphatic rings. The van der Waals surface area contributed by atoms with Crippen LogP contribution in [-0.2, 0) is 13.7 Å². The van der Waals surface area contributed by atoms with Crippen molar-refractivity contribution >= 4 is 22.7 Å². The molecule has 0 fully saturated rings. The Morgan fingerprint density at radius 1 is 0.944 bits per heavy atom. The Hall–Kier alpha value is -4.53. The Balaban J connectivity index is 1.39. The van der Waals surface area contributed by atoms with E-state index in [0.717, 1.165) is 44.9 Å². The molecule has 0 unspecified atom stereocenters. The maximum atomic E-state index is 5.98. The van der Waals surface area contributed by atoms with Crippen molar-refractivity contribution in [2.24, 2.45) is 7.05 Å². The molecule has 9 nitrogen and oxygen atoms in total. The summed E-state index contributed by atoms with van der Waals surface area (Å²) in [5.41, 5.74) is 5.33. The number of fused-ring (bicyclic) bond motifs is 1. The van der Waals surface area contributed by atoms with Crippen molar-refractivity contribution in [3.63, 3.8) is 0 Å². The van der Waals surface area contributed by atoms with Crippen molar-refractivity contribution in [3.05, 3.63) is 78.4 Å². The zero-order valence-corrected chi connectivity index (χ0v) is 20.6. The smallest absolute Gasteiger partial charge is 0.154 e. The van der Waals surface area contributed by atoms with E-state index in [9.17, 15) is 0 Å². The summed E-state index contributed by atoms with van der Waals surface area (Å²) < 4.78 is 13.0. The van der Waals surface area contributed by atoms with Gasteiger partial charge in [-0.25, -0.2) is 4.98 Å². The SMILES string of the molecule is COc1ccc(OCc2nn(C)cc2-c2cnc3ccc(Nc4cc(C(C)C)cnn4)nc3c2)cc1. The number of nitrogens with one attached hydrogen (secondary N) is 1. The Morgan fingerprint density at radius 2 is 1.75 bits per heavy atom. The molecule has 5 aromatic rings. The van der Waals surface area contributed by atoms with E-state index in [1.54, 1.807) is 18.0 Å². The highest BCUT2D eigenvalue weighted by Gasteiger charge is 2.13. The summed E-state index contributed by atoms with van der Waals surface area (Å²) in [5.74, 6) is 3.21. The van der Waals surface area contributed by atoms with Gasteiger partial charge in [-0.15, -0.1) is 5.10 Å². The number of ether oxygens (including phenoxy) is 2. The number of hydrogen-bond donors (Lipinski definition) is 1. The molecule has 4 aromatic heterocycles. The van der Waals surface area contributed by atoms with Crippen molar-refractivity contribution in [3.8, 4) is 22.6 Å². The minimum atomic E-state index is 0.320. The maximum absolute atomic E-state index is 5.98. The van der Waals surface area contributed by atoms with Crippen LogP contribution in [0.25, 0.3) is 22.2 Å². The molecule has 1 N–H and O–H groups in total. The van der Waals surface area contributed by atoms with E-state index in [1.165, 1.54) is 0 Å². The summed E-state index contributed by atoms with van der Waals surface area (Å²) in [5, 5.41) is 16.1. The van der Waals surface area contributed by atoms with Gasteiger partial charge in [0.25, 0.3) is 0 Å². The summed E-state index contributed by atoms with van der Waals surface area (Å²) in [6.45, 7) is 4.56. The second kappa shape index (κ2) is 9.99. The Morgan fingerprint density at radius 3 is 2.53 bits per heavy atom. The van der Waals surface area contributed by atoms with Gasteiger partial charge in [0.05, 0.1) is 24.3 Å². The molecule has 182 valence electrons. The van der Waals surface area contributed by atoms with E-state index in [1.807, 2.05) is 68.0 Å². The summed E-state index contributed by atoms with van der Waals surface area (Å²) >= 11 is 0. The van der Waals surface area contributed by atoms with Gasteiger partial charge in [-0.1, -0.05) is 13.8 Å². The van der Waals surface area contributed by atoms with E-state index >= 15 is 0 Å². The third-order valence-corrected chi connectivity index (χ3v) is 5.79. The van der Waals surface area contributed by atoms with Crippen LogP contribution in [0.3, 0.4) is 0 Å². The first-order chi connectivity index (χ1) is 17.5. The third-order valence-electron chi connectivity index (χ3n) is 5.79. The van der Waals surface area contributed by atoms with Gasteiger partial charge >= 0.3 is 0 Å². The minimum Gasteiger partial charge on any atom is -0.497 e. The molecule has 4 heterocycles. The topological polar surface area (TPSA) is 99.9 Å². The zero-order valence-electron chi connectivity index (χ0n) is 20.6. The highest BCUT2D eigenvalue weighted by molar-refractivity contribution is 5.82. The fourth-order valence-electron chi connectivity index (χ4n) is 3.82. The van der Waals surface area contributed by atoms with Gasteiger partial charge in [-0.05, 0) is 60.0 Å². The van der Waals surface area contributed by atoms with Gasteiger partial charge in [-0.2, -0.15) is 10.2 Å². The predicted octanol–water partition coefficient (Wildman–Crippen LogP) is 5.27. The number of aromatic nitrogens is 6. The normalized spacial score (nSPS) is 11.1. The van der Waals surface area contributed by atoms with E-state index in [4.69, 9.17) is 14.5 Å². The second-order valence-corrected chi connectivity index (χ2v) is 8.74. The number of methoxy groups -OCH3 is 1. The van der Waals surface area contributed by atoms with E-state index in [2.05, 4.69) is 39.4 Å². The monoisotopic (exact) mass is 481 g/mol. The molecule has 5 rings (SSSR count). The van der Waals surface area contributed by atoms with Gasteiger partial charge in [0.1, 0.15) is 29.6 Å². The lowest BCUT2D eigenvalue weighted by molar-refractivity contribution is 0.300. The van der Waals surface area contributed by atoms with Gasteiger partial charge in [-0.3, -0.25) is 9.67 Å². The molecule has 0 atom stereocenters. The summed E-state index contributed by atoms with van der Waals surface area (Å²) in [4.78, 5) is 9.39. The van der Waals surface area contributed by atoms with Crippen LogP contribution in [0.15, 0.2) is 67.1 Å². The first-order valence-corrected chi connectivity index (χ1v) is 11.6. The van der Waals surface area contributed by atoms with Crippen LogP contribution in [0.5, 0.6) is 11.5 Å². The summed E-state index contributed by atoms with van der Waals surface area (Å²) in [6.07, 6.45) is 5.58. The van der Waals surface area contributed by atoms with Crippen LogP contribution in [0.2, 0.25) is 0 Å². The highest BCUT2D eigenvalue weighted by Crippen LogP contribution is 2.27. The third kappa shape index (κ3) is 5.10. The van der Waals surface area contributed by atoms with Crippen molar-refractivity contribution < 1.29 is 9.47 Å². The van der Waals surface area contributed by atoms with Gasteiger partial charge in [0.2, 0.25) is 0 Å². The van der Waals surface area contributed by atoms with E-state index in [-0.39, 0.29) is 0 Å². The number of aryl methyl sites for hydroxylation is 1. The summed E-state index contributed by atoms with van der Waals surface area (Å²) in [7, 11) is 3.53. The largest absolute Gasteiger partial charge is 0.497 e. The molecule has 9 heteroatoms. The van der Waals surface area contributed by atoms with Gasteiger partial charge < -0.3 is 14.8 Å². The van der Waals surface area contributed by atoms with Crippen molar-refractivity contribution in [2.75, 3.05) is 12.4 Å². The fraction of sp³-hybridized carbons (Fsp3) is 0.222. The van der Waals surface area contributed by atoms with Gasteiger partial charge in [0.15, 0.2) is 5.82 Å². The first-order valence-electron chi connectivity index (χ1n) is 11.6. The standard InChI is InChI=1S/C27H27N7O2/c1-17(2)18-12-27(32-29-14-18)31-26-10-9-23-24(30-26)11-19(13-28-23)22-15-34(3)33-25(22)16-36-21-7-5-20(35-4)6-8-21/h5-15,17H,16H2,1-4H3,(H,30,31,32). The molecular formula is C27H27N7O2. The van der Waals surface area contributed by atoms with E-state index in [0.29, 0.717) is 24.2 Å². The number of pyridine rings is 2. The van der Waals surface area contributed by atoms with Crippen LogP contribution < -0.4 is 14.8 Å². The lowest BCUT2D eigenvalue weighted by atomic mass is 10.1. The zero-order chi connectivity index (χ0) is 25.1. The number of hydrogen-bond acceptors (Lipinski definition) is 8. The molecule has 0 saturated carbocycles. The predicted molar refractivity (Wildman–Crippen MR) is 138 cm³/mol. The molecule has 0 aliphatic carbocycles. The van der Waals surface area contributed by atoms with Gasteiger partial charge in [0, 0.05) is 30.6 Å². The first kappa shape index (κ1) is 23.2. The number of anilines is 2. The van der Waals surface area contributed by atoms with Crippen LogP contribution in [-0.4, -0.2) is 37.1 Å². The van der Waals surface area contributed by atoms with Crippen LogP contribution in [0.4, 0.5) is 11.6 Å². The quantitative estimate of drug-likeness (QED) is 0.320. The highest BCUT2D eigenvalue weighted by atomic mass is 16.5. The Bertz CT molecular complexity index is 1500. The lowest BCUT2D eigenvalue weighted by Crippen LogP contribution is -2.00. The minimum absolute atomic E-state index is 0.320. The van der Waals surface area contributed by atoms with E-state index < -0.39 is 0 Å². The second-order valence-electron chi connectivity index (χ2n) is 8.74. The molecular weight excluding hydrogens is 454 g/mol. The van der Waals surface area contributed by atoms with Crippen LogP contribution >= 0.6 is 0 Å². The average Bonchev–Trinajstić information content (AvgIpc) is 3.28. The van der Waals surface area contributed by atoms with Crippen molar-refractivity contribution in [1.29, 1.82) is 0 Å². The molecule has 36 heavy (non-hydrogen) atoms. The lowest BCUT2D eigenvalue weighted by Gasteiger charge is -2.09.